The lowest BCUT2D eigenvalue weighted by molar-refractivity contribution is 0.100. The highest BCUT2D eigenvalue weighted by Crippen LogP contribution is 2.18. The Kier molecular flexibility index (Phi) is 3.02. The van der Waals surface area contributed by atoms with Gasteiger partial charge in [0.05, 0.1) is 5.69 Å². The largest absolute Gasteiger partial charge is 0.365 e. The van der Waals surface area contributed by atoms with Crippen LogP contribution >= 0.6 is 11.6 Å². The van der Waals surface area contributed by atoms with Crippen molar-refractivity contribution in [1.82, 2.24) is 14.6 Å². The minimum atomic E-state index is -0.523. The van der Waals surface area contributed by atoms with Gasteiger partial charge in [-0.2, -0.15) is 5.10 Å². The van der Waals surface area contributed by atoms with Gasteiger partial charge < -0.3 is 5.73 Å². The van der Waals surface area contributed by atoms with Crippen molar-refractivity contribution in [3.63, 3.8) is 0 Å². The Morgan fingerprint density at radius 2 is 2.29 bits per heavy atom. The number of carbonyl (C=O) groups is 1. The van der Waals surface area contributed by atoms with Gasteiger partial charge in [-0.05, 0) is 18.4 Å². The summed E-state index contributed by atoms with van der Waals surface area (Å²) in [6.45, 7) is 4.10. The number of carbonyl (C=O) groups excluding carboxylic acids is 1. The lowest BCUT2D eigenvalue weighted by Crippen LogP contribution is -2.14. The number of amides is 1. The van der Waals surface area contributed by atoms with Crippen LogP contribution in [0.3, 0.4) is 0 Å². The summed E-state index contributed by atoms with van der Waals surface area (Å²) in [6.07, 6.45) is 2.35. The third-order valence-corrected chi connectivity index (χ3v) is 2.58. The molecule has 0 atom stereocenters. The molecule has 5 nitrogen and oxygen atoms in total. The monoisotopic (exact) mass is 252 g/mol. The summed E-state index contributed by atoms with van der Waals surface area (Å²) in [7, 11) is 0. The molecule has 0 spiro atoms. The number of primary amides is 1. The zero-order valence-corrected chi connectivity index (χ0v) is 10.4. The minimum Gasteiger partial charge on any atom is -0.365 e. The average molecular weight is 253 g/mol. The Morgan fingerprint density at radius 1 is 1.59 bits per heavy atom. The molecule has 2 heterocycles. The molecular formula is C11H13ClN4O. The molecule has 1 amide bonds. The second-order valence-electron chi connectivity index (χ2n) is 4.30. The van der Waals surface area contributed by atoms with Crippen molar-refractivity contribution in [2.45, 2.75) is 20.3 Å². The van der Waals surface area contributed by atoms with Gasteiger partial charge >= 0.3 is 0 Å². The van der Waals surface area contributed by atoms with E-state index in [1.165, 1.54) is 4.52 Å². The lowest BCUT2D eigenvalue weighted by atomic mass is 10.0. The topological polar surface area (TPSA) is 73.3 Å². The zero-order valence-electron chi connectivity index (χ0n) is 9.64. The number of halogens is 1. The van der Waals surface area contributed by atoms with Crippen LogP contribution in [0, 0.1) is 5.92 Å². The maximum Gasteiger partial charge on any atom is 0.254 e. The first-order valence-electron chi connectivity index (χ1n) is 5.32. The molecule has 0 bridgehead atoms. The van der Waals surface area contributed by atoms with Gasteiger partial charge in [0.25, 0.3) is 5.91 Å². The van der Waals surface area contributed by atoms with E-state index in [9.17, 15) is 4.79 Å². The summed E-state index contributed by atoms with van der Waals surface area (Å²) >= 11 is 5.81. The zero-order chi connectivity index (χ0) is 12.6. The number of nitrogens with zero attached hydrogens (tertiary/aromatic N) is 3. The smallest absolute Gasteiger partial charge is 0.254 e. The molecule has 0 aliphatic heterocycles. The SMILES string of the molecule is CC(C)Cc1nn2ccc(Cl)nc2c1C(N)=O. The average Bonchev–Trinajstić information content (AvgIpc) is 2.53. The van der Waals surface area contributed by atoms with Crippen molar-refractivity contribution in [1.29, 1.82) is 0 Å². The first-order valence-corrected chi connectivity index (χ1v) is 5.70. The van der Waals surface area contributed by atoms with Crippen molar-refractivity contribution in [3.05, 3.63) is 28.7 Å². The lowest BCUT2D eigenvalue weighted by Gasteiger charge is -2.01. The summed E-state index contributed by atoms with van der Waals surface area (Å²) < 4.78 is 1.53. The van der Waals surface area contributed by atoms with E-state index in [4.69, 9.17) is 17.3 Å². The highest BCUT2D eigenvalue weighted by molar-refractivity contribution is 6.29. The molecule has 6 heteroatoms. The van der Waals surface area contributed by atoms with Gasteiger partial charge in [0, 0.05) is 6.20 Å². The Balaban J connectivity index is 2.67. The molecule has 2 rings (SSSR count). The summed E-state index contributed by atoms with van der Waals surface area (Å²) in [5.74, 6) is -0.140. The van der Waals surface area contributed by atoms with Crippen molar-refractivity contribution >= 4 is 23.2 Å². The standard InChI is InChI=1S/C11H13ClN4O/c1-6(2)5-7-9(10(13)17)11-14-8(12)3-4-16(11)15-7/h3-4,6H,5H2,1-2H3,(H2,13,17). The molecule has 0 aliphatic rings. The maximum atomic E-state index is 11.5. The van der Waals surface area contributed by atoms with Crippen LogP contribution in [0.1, 0.15) is 29.9 Å². The maximum absolute atomic E-state index is 11.5. The molecule has 0 saturated heterocycles. The molecule has 2 aromatic heterocycles. The van der Waals surface area contributed by atoms with Crippen molar-refractivity contribution in [2.24, 2.45) is 11.7 Å². The Hall–Kier alpha value is -1.62. The summed E-state index contributed by atoms with van der Waals surface area (Å²) in [4.78, 5) is 15.6. The van der Waals surface area contributed by atoms with Gasteiger partial charge in [-0.3, -0.25) is 4.79 Å². The summed E-state index contributed by atoms with van der Waals surface area (Å²) in [5, 5.41) is 4.63. The van der Waals surface area contributed by atoms with Gasteiger partial charge in [0.1, 0.15) is 10.7 Å². The fourth-order valence-corrected chi connectivity index (χ4v) is 1.87. The Labute approximate surface area is 104 Å². The van der Waals surface area contributed by atoms with Gasteiger partial charge in [0.2, 0.25) is 0 Å². The number of fused-ring (bicyclic) bond motifs is 1. The quantitative estimate of drug-likeness (QED) is 0.845. The molecule has 0 fully saturated rings. The first kappa shape index (κ1) is 11.9. The van der Waals surface area contributed by atoms with E-state index in [2.05, 4.69) is 23.9 Å². The van der Waals surface area contributed by atoms with Crippen LogP contribution in [0.2, 0.25) is 5.15 Å². The molecular weight excluding hydrogens is 240 g/mol. The number of rotatable bonds is 3. The summed E-state index contributed by atoms with van der Waals surface area (Å²) in [6, 6.07) is 1.62. The molecule has 0 radical (unpaired) electrons. The fourth-order valence-electron chi connectivity index (χ4n) is 1.73. The molecule has 0 aromatic carbocycles. The predicted molar refractivity (Wildman–Crippen MR) is 65.1 cm³/mol. The minimum absolute atomic E-state index is 0.316. The number of aromatic nitrogens is 3. The van der Waals surface area contributed by atoms with E-state index in [1.54, 1.807) is 12.3 Å². The van der Waals surface area contributed by atoms with Crippen LogP contribution in [-0.4, -0.2) is 20.5 Å². The molecule has 0 aliphatic carbocycles. The number of nitrogens with two attached hydrogens (primary N) is 1. The van der Waals surface area contributed by atoms with Crippen molar-refractivity contribution in [3.8, 4) is 0 Å². The van der Waals surface area contributed by atoms with Crippen LogP contribution in [0.5, 0.6) is 0 Å². The second-order valence-corrected chi connectivity index (χ2v) is 4.69. The number of hydrogen-bond acceptors (Lipinski definition) is 3. The molecule has 2 N–H and O–H groups in total. The molecule has 0 saturated carbocycles. The summed E-state index contributed by atoms with van der Waals surface area (Å²) in [5.41, 5.74) is 6.82. The third-order valence-electron chi connectivity index (χ3n) is 2.37. The van der Waals surface area contributed by atoms with Crippen LogP contribution in [0.4, 0.5) is 0 Å². The molecule has 17 heavy (non-hydrogen) atoms. The van der Waals surface area contributed by atoms with Crippen LogP contribution in [0.15, 0.2) is 12.3 Å². The number of hydrogen-bond donors (Lipinski definition) is 1. The second kappa shape index (κ2) is 4.33. The van der Waals surface area contributed by atoms with Gasteiger partial charge in [0.15, 0.2) is 5.65 Å². The third kappa shape index (κ3) is 2.24. The van der Waals surface area contributed by atoms with E-state index < -0.39 is 5.91 Å². The van der Waals surface area contributed by atoms with Crippen LogP contribution in [-0.2, 0) is 6.42 Å². The van der Waals surface area contributed by atoms with E-state index in [0.29, 0.717) is 34.4 Å². The first-order chi connectivity index (χ1) is 7.99. The highest BCUT2D eigenvalue weighted by atomic mass is 35.5. The Bertz CT molecular complexity index is 576. The van der Waals surface area contributed by atoms with Crippen molar-refractivity contribution in [2.75, 3.05) is 0 Å². The van der Waals surface area contributed by atoms with Crippen LogP contribution < -0.4 is 5.73 Å². The fraction of sp³-hybridized carbons (Fsp3) is 0.364. The molecule has 2 aromatic rings. The van der Waals surface area contributed by atoms with Crippen LogP contribution in [0.25, 0.3) is 5.65 Å². The normalized spacial score (nSPS) is 11.3. The highest BCUT2D eigenvalue weighted by Gasteiger charge is 2.19. The van der Waals surface area contributed by atoms with E-state index in [1.807, 2.05) is 0 Å². The van der Waals surface area contributed by atoms with Crippen molar-refractivity contribution < 1.29 is 4.79 Å². The molecule has 0 unspecified atom stereocenters. The van der Waals surface area contributed by atoms with E-state index in [-0.39, 0.29) is 0 Å². The predicted octanol–water partition coefficient (Wildman–Crippen LogP) is 1.68. The molecule has 90 valence electrons. The van der Waals surface area contributed by atoms with Gasteiger partial charge in [-0.25, -0.2) is 9.50 Å². The van der Waals surface area contributed by atoms with Gasteiger partial charge in [-0.1, -0.05) is 25.4 Å². The Morgan fingerprint density at radius 3 is 2.88 bits per heavy atom. The van der Waals surface area contributed by atoms with E-state index >= 15 is 0 Å². The van der Waals surface area contributed by atoms with E-state index in [0.717, 1.165) is 0 Å². The van der Waals surface area contributed by atoms with Gasteiger partial charge in [-0.15, -0.1) is 0 Å².